The Kier molecular flexibility index (Phi) is 4.75. The average molecular weight is 210 g/mol. The zero-order chi connectivity index (χ0) is 11.3. The van der Waals surface area contributed by atoms with Crippen molar-refractivity contribution in [3.8, 4) is 0 Å². The Hall–Kier alpha value is -0.900. The monoisotopic (exact) mass is 210 g/mol. The molecule has 15 heavy (non-hydrogen) atoms. The molecule has 4 N–H and O–H groups in total. The molecule has 0 amide bonds. The van der Waals surface area contributed by atoms with Crippen molar-refractivity contribution in [2.75, 3.05) is 26.8 Å². The largest absolute Gasteiger partial charge is 0.379 e. The normalized spacial score (nSPS) is 12.8. The number of rotatable bonds is 5. The number of benzene rings is 1. The molecule has 0 aliphatic carbocycles. The average Bonchev–Trinajstić information content (AvgIpc) is 2.24. The van der Waals surface area contributed by atoms with Crippen LogP contribution in [-0.4, -0.2) is 26.8 Å². The fraction of sp³-hybridized carbons (Fsp3) is 0.500. The van der Waals surface area contributed by atoms with E-state index in [-0.39, 0.29) is 0 Å². The van der Waals surface area contributed by atoms with Crippen molar-refractivity contribution in [3.05, 3.63) is 23.8 Å². The molecule has 3 nitrogen and oxygen atoms in total. The van der Waals surface area contributed by atoms with Crippen molar-refractivity contribution in [2.24, 2.45) is 0 Å². The van der Waals surface area contributed by atoms with Gasteiger partial charge >= 0.3 is 0 Å². The Balaban J connectivity index is 2.78. The number of quaternary nitrogens is 2. The summed E-state index contributed by atoms with van der Waals surface area (Å²) in [5, 5.41) is 0. The fourth-order valence-corrected chi connectivity index (χ4v) is 1.67. The Morgan fingerprint density at radius 3 is 2.67 bits per heavy atom. The van der Waals surface area contributed by atoms with Crippen LogP contribution in [0.15, 0.2) is 18.2 Å². The first kappa shape index (κ1) is 12.2. The van der Waals surface area contributed by atoms with Gasteiger partial charge in [-0.05, 0) is 13.8 Å². The first-order valence-electron chi connectivity index (χ1n) is 5.45. The minimum atomic E-state index is 0.800. The van der Waals surface area contributed by atoms with Gasteiger partial charge in [0.15, 0.2) is 0 Å². The van der Waals surface area contributed by atoms with E-state index in [9.17, 15) is 0 Å². The van der Waals surface area contributed by atoms with Crippen molar-refractivity contribution >= 4 is 11.4 Å². The second-order valence-corrected chi connectivity index (χ2v) is 3.84. The van der Waals surface area contributed by atoms with Crippen LogP contribution in [0.1, 0.15) is 12.5 Å². The molecular formula is C12H22N2O+2. The van der Waals surface area contributed by atoms with E-state index in [4.69, 9.17) is 4.74 Å². The number of hydrogen-bond donors (Lipinski definition) is 2. The summed E-state index contributed by atoms with van der Waals surface area (Å²) >= 11 is 0. The SMILES string of the molecule is CC[NH+](CCOC)c1ccc([NH3+])c(C)c1. The summed E-state index contributed by atoms with van der Waals surface area (Å²) < 4.78 is 5.12. The molecule has 84 valence electrons. The maximum Gasteiger partial charge on any atom is 0.131 e. The van der Waals surface area contributed by atoms with Crippen molar-refractivity contribution in [1.29, 1.82) is 0 Å². The van der Waals surface area contributed by atoms with E-state index in [1.54, 1.807) is 7.11 Å². The van der Waals surface area contributed by atoms with Gasteiger partial charge in [0, 0.05) is 30.9 Å². The molecule has 0 aromatic heterocycles. The van der Waals surface area contributed by atoms with Crippen molar-refractivity contribution in [2.45, 2.75) is 13.8 Å². The van der Waals surface area contributed by atoms with Gasteiger partial charge in [0.2, 0.25) is 0 Å². The molecule has 0 spiro atoms. The number of likely N-dealkylation sites (N-methyl/N-ethyl adjacent to an activating group) is 1. The van der Waals surface area contributed by atoms with Crippen LogP contribution in [-0.2, 0) is 4.74 Å². The molecular weight excluding hydrogens is 188 g/mol. The molecule has 3 heteroatoms. The van der Waals surface area contributed by atoms with Crippen LogP contribution in [0, 0.1) is 6.92 Å². The van der Waals surface area contributed by atoms with E-state index in [2.05, 4.69) is 37.8 Å². The van der Waals surface area contributed by atoms with Crippen LogP contribution in [0.5, 0.6) is 0 Å². The number of aryl methyl sites for hydroxylation is 1. The van der Waals surface area contributed by atoms with Gasteiger partial charge in [0.05, 0.1) is 13.2 Å². The molecule has 1 aromatic rings. The minimum absolute atomic E-state index is 0.800. The van der Waals surface area contributed by atoms with Gasteiger partial charge in [-0.1, -0.05) is 0 Å². The quantitative estimate of drug-likeness (QED) is 0.708. The van der Waals surface area contributed by atoms with Crippen LogP contribution in [0.3, 0.4) is 0 Å². The Morgan fingerprint density at radius 1 is 1.40 bits per heavy atom. The highest BCUT2D eigenvalue weighted by Gasteiger charge is 2.11. The summed E-state index contributed by atoms with van der Waals surface area (Å²) in [4.78, 5) is 1.46. The third-order valence-corrected chi connectivity index (χ3v) is 2.79. The number of hydrogen-bond acceptors (Lipinski definition) is 1. The molecule has 0 aliphatic heterocycles. The molecule has 0 saturated carbocycles. The third kappa shape index (κ3) is 3.30. The molecule has 1 aromatic carbocycles. The van der Waals surface area contributed by atoms with E-state index in [1.807, 2.05) is 0 Å². The van der Waals surface area contributed by atoms with Crippen LogP contribution >= 0.6 is 0 Å². The lowest BCUT2D eigenvalue weighted by molar-refractivity contribution is -0.831. The summed E-state index contributed by atoms with van der Waals surface area (Å²) in [7, 11) is 1.75. The maximum absolute atomic E-state index is 5.12. The van der Waals surface area contributed by atoms with Crippen LogP contribution in [0.2, 0.25) is 0 Å². The first-order chi connectivity index (χ1) is 7.19. The number of nitrogens with one attached hydrogen (secondary N) is 1. The lowest BCUT2D eigenvalue weighted by atomic mass is 10.1. The summed E-state index contributed by atoms with van der Waals surface area (Å²) in [5.74, 6) is 0. The summed E-state index contributed by atoms with van der Waals surface area (Å²) in [6.07, 6.45) is 0. The molecule has 0 aliphatic rings. The zero-order valence-corrected chi connectivity index (χ0v) is 9.97. The molecule has 0 heterocycles. The minimum Gasteiger partial charge on any atom is -0.379 e. The van der Waals surface area contributed by atoms with Gasteiger partial charge in [-0.2, -0.15) is 0 Å². The van der Waals surface area contributed by atoms with Crippen molar-refractivity contribution in [3.63, 3.8) is 0 Å². The van der Waals surface area contributed by atoms with Gasteiger partial charge in [-0.25, -0.2) is 0 Å². The van der Waals surface area contributed by atoms with E-state index in [0.29, 0.717) is 0 Å². The number of methoxy groups -OCH3 is 1. The molecule has 0 fully saturated rings. The van der Waals surface area contributed by atoms with Gasteiger partial charge in [-0.15, -0.1) is 0 Å². The van der Waals surface area contributed by atoms with Crippen molar-refractivity contribution in [1.82, 2.24) is 0 Å². The van der Waals surface area contributed by atoms with Crippen LogP contribution < -0.4 is 10.6 Å². The standard InChI is InChI=1S/C12H20N2O/c1-4-14(7-8-15-3)11-5-6-12(13)10(2)9-11/h5-6,9H,4,7-8,13H2,1-3H3/p+2. The van der Waals surface area contributed by atoms with E-state index >= 15 is 0 Å². The Bertz CT molecular complexity index is 312. The molecule has 0 bridgehead atoms. The number of ether oxygens (including phenoxy) is 1. The second kappa shape index (κ2) is 5.85. The molecule has 1 rings (SSSR count). The van der Waals surface area contributed by atoms with Crippen LogP contribution in [0.4, 0.5) is 11.4 Å². The lowest BCUT2D eigenvalue weighted by Crippen LogP contribution is -3.07. The lowest BCUT2D eigenvalue weighted by Gasteiger charge is -2.17. The Morgan fingerprint density at radius 2 is 2.13 bits per heavy atom. The predicted molar refractivity (Wildman–Crippen MR) is 61.6 cm³/mol. The molecule has 0 radical (unpaired) electrons. The molecule has 0 saturated heterocycles. The van der Waals surface area contributed by atoms with Gasteiger partial charge in [0.1, 0.15) is 17.9 Å². The topological polar surface area (TPSA) is 41.3 Å². The van der Waals surface area contributed by atoms with Gasteiger partial charge < -0.3 is 15.4 Å². The van der Waals surface area contributed by atoms with E-state index in [1.165, 1.54) is 16.2 Å². The highest BCUT2D eigenvalue weighted by molar-refractivity contribution is 5.45. The third-order valence-electron chi connectivity index (χ3n) is 2.79. The highest BCUT2D eigenvalue weighted by atomic mass is 16.5. The maximum atomic E-state index is 5.12. The van der Waals surface area contributed by atoms with Gasteiger partial charge in [0.25, 0.3) is 0 Å². The second-order valence-electron chi connectivity index (χ2n) is 3.84. The zero-order valence-electron chi connectivity index (χ0n) is 9.97. The Labute approximate surface area is 91.8 Å². The van der Waals surface area contributed by atoms with Crippen LogP contribution in [0.25, 0.3) is 0 Å². The summed E-state index contributed by atoms with van der Waals surface area (Å²) in [5.41, 5.74) is 7.68. The van der Waals surface area contributed by atoms with E-state index in [0.717, 1.165) is 25.4 Å². The van der Waals surface area contributed by atoms with E-state index < -0.39 is 0 Å². The van der Waals surface area contributed by atoms with Gasteiger partial charge in [-0.3, -0.25) is 0 Å². The highest BCUT2D eigenvalue weighted by Crippen LogP contribution is 2.11. The molecule has 1 unspecified atom stereocenters. The predicted octanol–water partition coefficient (Wildman–Crippen LogP) is 0.0511. The van der Waals surface area contributed by atoms with Crippen molar-refractivity contribution < 1.29 is 15.4 Å². The molecule has 1 atom stereocenters. The first-order valence-corrected chi connectivity index (χ1v) is 5.45. The summed E-state index contributed by atoms with van der Waals surface area (Å²) in [6, 6.07) is 6.47. The fourth-order valence-electron chi connectivity index (χ4n) is 1.67. The summed E-state index contributed by atoms with van der Waals surface area (Å²) in [6.45, 7) is 7.20. The smallest absolute Gasteiger partial charge is 0.131 e.